The van der Waals surface area contributed by atoms with Crippen molar-refractivity contribution in [3.63, 3.8) is 0 Å². The van der Waals surface area contributed by atoms with Crippen molar-refractivity contribution in [1.29, 1.82) is 0 Å². The van der Waals surface area contributed by atoms with Gasteiger partial charge in [0, 0.05) is 12.3 Å². The molecule has 2 atom stereocenters. The molecule has 72 valence electrons. The third-order valence-electron chi connectivity index (χ3n) is 2.80. The summed E-state index contributed by atoms with van der Waals surface area (Å²) in [6.07, 6.45) is 2.82. The molecule has 1 saturated heterocycles. The van der Waals surface area contributed by atoms with E-state index in [0.29, 0.717) is 26.1 Å². The topological polar surface area (TPSA) is 52.6 Å². The first-order valence-electron chi connectivity index (χ1n) is 4.49. The summed E-state index contributed by atoms with van der Waals surface area (Å²) in [5.74, 6) is -1.13. The van der Waals surface area contributed by atoms with Gasteiger partial charge in [-0.15, -0.1) is 0 Å². The van der Waals surface area contributed by atoms with Crippen LogP contribution in [-0.4, -0.2) is 31.6 Å². The number of rotatable bonds is 2. The van der Waals surface area contributed by atoms with E-state index in [1.165, 1.54) is 0 Å². The van der Waals surface area contributed by atoms with Gasteiger partial charge in [0.2, 0.25) is 0 Å². The van der Waals surface area contributed by atoms with Crippen LogP contribution in [0.1, 0.15) is 12.8 Å². The molecule has 1 aliphatic carbocycles. The molecule has 0 aromatic rings. The highest BCUT2D eigenvalue weighted by molar-refractivity contribution is 5.61. The molecule has 0 aromatic heterocycles. The van der Waals surface area contributed by atoms with Gasteiger partial charge >= 0.3 is 0 Å². The Morgan fingerprint density at radius 1 is 1.15 bits per heavy atom. The summed E-state index contributed by atoms with van der Waals surface area (Å²) in [5, 5.41) is 0. The van der Waals surface area contributed by atoms with Crippen LogP contribution in [0.3, 0.4) is 0 Å². The summed E-state index contributed by atoms with van der Waals surface area (Å²) in [5.41, 5.74) is 0. The number of ether oxygens (including phenoxy) is 2. The summed E-state index contributed by atoms with van der Waals surface area (Å²) >= 11 is 0. The number of aldehydes is 2. The predicted octanol–water partition coefficient (Wildman–Crippen LogP) is 0.153. The highest BCUT2D eigenvalue weighted by Crippen LogP contribution is 2.43. The van der Waals surface area contributed by atoms with Gasteiger partial charge in [-0.3, -0.25) is 0 Å². The minimum Gasteiger partial charge on any atom is -0.347 e. The highest BCUT2D eigenvalue weighted by atomic mass is 16.7. The summed E-state index contributed by atoms with van der Waals surface area (Å²) in [7, 11) is 0. The molecule has 4 heteroatoms. The van der Waals surface area contributed by atoms with Crippen molar-refractivity contribution in [3.8, 4) is 0 Å². The maximum Gasteiger partial charge on any atom is 0.178 e. The Bertz CT molecular complexity index is 220. The molecular formula is C9H12O4. The molecule has 0 aromatic carbocycles. The average molecular weight is 184 g/mol. The minimum atomic E-state index is -0.771. The molecule has 2 fully saturated rings. The Balaban J connectivity index is 2.16. The maximum atomic E-state index is 10.8. The summed E-state index contributed by atoms with van der Waals surface area (Å²) in [6, 6.07) is 0. The molecule has 0 radical (unpaired) electrons. The Labute approximate surface area is 76.2 Å². The second-order valence-corrected chi connectivity index (χ2v) is 3.59. The van der Waals surface area contributed by atoms with Crippen LogP contribution in [0.5, 0.6) is 0 Å². The quantitative estimate of drug-likeness (QED) is 0.573. The van der Waals surface area contributed by atoms with Gasteiger partial charge in [0.15, 0.2) is 5.79 Å². The van der Waals surface area contributed by atoms with Gasteiger partial charge in [0.25, 0.3) is 0 Å². The van der Waals surface area contributed by atoms with E-state index in [-0.39, 0.29) is 11.8 Å². The van der Waals surface area contributed by atoms with Crippen LogP contribution >= 0.6 is 0 Å². The lowest BCUT2D eigenvalue weighted by atomic mass is 10.0. The van der Waals surface area contributed by atoms with Crippen LogP contribution < -0.4 is 0 Å². The van der Waals surface area contributed by atoms with E-state index in [4.69, 9.17) is 9.47 Å². The Morgan fingerprint density at radius 3 is 2.38 bits per heavy atom. The molecule has 1 spiro atoms. The predicted molar refractivity (Wildman–Crippen MR) is 43.0 cm³/mol. The van der Waals surface area contributed by atoms with Crippen molar-refractivity contribution in [3.05, 3.63) is 0 Å². The van der Waals surface area contributed by atoms with Crippen molar-refractivity contribution in [2.24, 2.45) is 11.8 Å². The van der Waals surface area contributed by atoms with E-state index in [9.17, 15) is 9.59 Å². The number of carbonyl (C=O) groups excluding carboxylic acids is 2. The minimum absolute atomic E-state index is 0.0895. The van der Waals surface area contributed by atoms with Crippen LogP contribution in [0, 0.1) is 11.8 Å². The standard InChI is InChI=1S/C9H12O4/c10-5-7-3-8(6-11)9(4-7)12-1-2-13-9/h5-8H,1-4H2/t7-,8-/m0/s1. The second kappa shape index (κ2) is 3.20. The summed E-state index contributed by atoms with van der Waals surface area (Å²) in [4.78, 5) is 21.3. The summed E-state index contributed by atoms with van der Waals surface area (Å²) < 4.78 is 10.8. The van der Waals surface area contributed by atoms with Crippen LogP contribution in [-0.2, 0) is 19.1 Å². The Hall–Kier alpha value is -0.740. The van der Waals surface area contributed by atoms with E-state index in [0.717, 1.165) is 12.6 Å². The molecule has 2 aliphatic rings. The maximum absolute atomic E-state index is 10.8. The number of carbonyl (C=O) groups is 2. The normalized spacial score (nSPS) is 36.6. The molecular weight excluding hydrogens is 172 g/mol. The van der Waals surface area contributed by atoms with E-state index in [1.54, 1.807) is 0 Å². The molecule has 0 amide bonds. The largest absolute Gasteiger partial charge is 0.347 e. The van der Waals surface area contributed by atoms with E-state index >= 15 is 0 Å². The zero-order valence-electron chi connectivity index (χ0n) is 7.27. The molecule has 0 bridgehead atoms. The van der Waals surface area contributed by atoms with Gasteiger partial charge in [-0.05, 0) is 6.42 Å². The highest BCUT2D eigenvalue weighted by Gasteiger charge is 2.51. The zero-order valence-corrected chi connectivity index (χ0v) is 7.27. The van der Waals surface area contributed by atoms with Gasteiger partial charge in [-0.1, -0.05) is 0 Å². The van der Waals surface area contributed by atoms with Crippen molar-refractivity contribution in [2.75, 3.05) is 13.2 Å². The first-order chi connectivity index (χ1) is 6.30. The van der Waals surface area contributed by atoms with Crippen molar-refractivity contribution < 1.29 is 19.1 Å². The lowest BCUT2D eigenvalue weighted by Gasteiger charge is -2.25. The fraction of sp³-hybridized carbons (Fsp3) is 0.778. The third-order valence-corrected chi connectivity index (χ3v) is 2.80. The van der Waals surface area contributed by atoms with E-state index < -0.39 is 5.79 Å². The fourth-order valence-electron chi connectivity index (χ4n) is 2.17. The van der Waals surface area contributed by atoms with Crippen molar-refractivity contribution in [2.45, 2.75) is 18.6 Å². The Morgan fingerprint density at radius 2 is 1.85 bits per heavy atom. The van der Waals surface area contributed by atoms with Gasteiger partial charge in [-0.25, -0.2) is 0 Å². The van der Waals surface area contributed by atoms with Crippen LogP contribution in [0.15, 0.2) is 0 Å². The lowest BCUT2D eigenvalue weighted by molar-refractivity contribution is -0.181. The van der Waals surface area contributed by atoms with Crippen LogP contribution in [0.2, 0.25) is 0 Å². The van der Waals surface area contributed by atoms with Crippen LogP contribution in [0.25, 0.3) is 0 Å². The molecule has 4 nitrogen and oxygen atoms in total. The van der Waals surface area contributed by atoms with Crippen LogP contribution in [0.4, 0.5) is 0 Å². The molecule has 1 heterocycles. The molecule has 13 heavy (non-hydrogen) atoms. The lowest BCUT2D eigenvalue weighted by Crippen LogP contribution is -2.35. The smallest absolute Gasteiger partial charge is 0.178 e. The van der Waals surface area contributed by atoms with E-state index in [2.05, 4.69) is 0 Å². The average Bonchev–Trinajstić information content (AvgIpc) is 2.74. The summed E-state index contributed by atoms with van der Waals surface area (Å²) in [6.45, 7) is 1.05. The zero-order chi connectivity index (χ0) is 9.31. The SMILES string of the molecule is O=C[C@H]1C[C@@H](C=O)C2(C1)OCCO2. The monoisotopic (exact) mass is 184 g/mol. The second-order valence-electron chi connectivity index (χ2n) is 3.59. The van der Waals surface area contributed by atoms with Gasteiger partial charge in [-0.2, -0.15) is 0 Å². The first-order valence-corrected chi connectivity index (χ1v) is 4.49. The van der Waals surface area contributed by atoms with Gasteiger partial charge in [0.1, 0.15) is 12.6 Å². The fourth-order valence-corrected chi connectivity index (χ4v) is 2.17. The van der Waals surface area contributed by atoms with Gasteiger partial charge in [0.05, 0.1) is 19.1 Å². The molecule has 2 rings (SSSR count). The first kappa shape index (κ1) is 8.84. The van der Waals surface area contributed by atoms with E-state index in [1.807, 2.05) is 0 Å². The van der Waals surface area contributed by atoms with Crippen molar-refractivity contribution >= 4 is 12.6 Å². The molecule has 1 aliphatic heterocycles. The molecule has 1 saturated carbocycles. The molecule has 0 unspecified atom stereocenters. The Kier molecular flexibility index (Phi) is 2.17. The third kappa shape index (κ3) is 1.30. The molecule has 0 N–H and O–H groups in total. The number of hydrogen-bond acceptors (Lipinski definition) is 4. The van der Waals surface area contributed by atoms with Crippen molar-refractivity contribution in [1.82, 2.24) is 0 Å². The van der Waals surface area contributed by atoms with Gasteiger partial charge < -0.3 is 19.1 Å². The number of hydrogen-bond donors (Lipinski definition) is 0.